The molecule has 4 aliphatic rings. The van der Waals surface area contributed by atoms with Gasteiger partial charge in [0.15, 0.2) is 0 Å². The number of nitrogens with two attached hydrogens (primary N) is 1. The van der Waals surface area contributed by atoms with E-state index in [0.29, 0.717) is 5.41 Å². The van der Waals surface area contributed by atoms with Gasteiger partial charge in [-0.15, -0.1) is 0 Å². The van der Waals surface area contributed by atoms with E-state index in [-0.39, 0.29) is 0 Å². The SMILES string of the molecule is NCCCCC12CC3CC(CC(C3)C1c1ccccc1)C2. The Hall–Kier alpha value is -0.820. The van der Waals surface area contributed by atoms with Crippen LogP contribution in [0.25, 0.3) is 0 Å². The van der Waals surface area contributed by atoms with Crippen molar-refractivity contribution in [3.8, 4) is 0 Å². The molecule has 4 saturated carbocycles. The van der Waals surface area contributed by atoms with Crippen LogP contribution in [0.2, 0.25) is 0 Å². The van der Waals surface area contributed by atoms with Gasteiger partial charge in [-0.25, -0.2) is 0 Å². The summed E-state index contributed by atoms with van der Waals surface area (Å²) < 4.78 is 0. The van der Waals surface area contributed by atoms with E-state index in [1.165, 1.54) is 51.4 Å². The Balaban J connectivity index is 1.66. The topological polar surface area (TPSA) is 26.0 Å². The largest absolute Gasteiger partial charge is 0.330 e. The number of benzene rings is 1. The first kappa shape index (κ1) is 13.8. The zero-order valence-electron chi connectivity index (χ0n) is 13.1. The lowest BCUT2D eigenvalue weighted by molar-refractivity contribution is -0.0810. The van der Waals surface area contributed by atoms with Crippen LogP contribution < -0.4 is 5.73 Å². The minimum atomic E-state index is 0.616. The second-order valence-electron chi connectivity index (χ2n) is 8.10. The van der Waals surface area contributed by atoms with Crippen LogP contribution in [0.3, 0.4) is 0 Å². The van der Waals surface area contributed by atoms with Gasteiger partial charge in [0.1, 0.15) is 0 Å². The molecule has 5 rings (SSSR count). The molecule has 3 unspecified atom stereocenters. The maximum absolute atomic E-state index is 5.75. The molecule has 0 spiro atoms. The molecule has 4 fully saturated rings. The van der Waals surface area contributed by atoms with Gasteiger partial charge in [-0.05, 0) is 86.1 Å². The van der Waals surface area contributed by atoms with Gasteiger partial charge in [-0.3, -0.25) is 0 Å². The molecule has 4 aliphatic carbocycles. The molecule has 0 saturated heterocycles. The van der Waals surface area contributed by atoms with Crippen molar-refractivity contribution >= 4 is 0 Å². The van der Waals surface area contributed by atoms with E-state index in [4.69, 9.17) is 5.73 Å². The standard InChI is InChI=1S/C20H29N/c21-9-5-4-8-20-13-15-10-16(14-20)12-18(11-15)19(20)17-6-2-1-3-7-17/h1-3,6-7,15-16,18-19H,4-5,8-14,21H2. The number of rotatable bonds is 5. The minimum Gasteiger partial charge on any atom is -0.330 e. The monoisotopic (exact) mass is 283 g/mol. The molecule has 3 atom stereocenters. The van der Waals surface area contributed by atoms with Crippen LogP contribution in [0.4, 0.5) is 0 Å². The Morgan fingerprint density at radius 2 is 1.67 bits per heavy atom. The first-order valence-electron chi connectivity index (χ1n) is 9.06. The van der Waals surface area contributed by atoms with Gasteiger partial charge in [0, 0.05) is 0 Å². The lowest BCUT2D eigenvalue weighted by Gasteiger charge is -2.62. The summed E-state index contributed by atoms with van der Waals surface area (Å²) in [5, 5.41) is 0. The Morgan fingerprint density at radius 3 is 2.33 bits per heavy atom. The van der Waals surface area contributed by atoms with E-state index in [9.17, 15) is 0 Å². The lowest BCUT2D eigenvalue weighted by Crippen LogP contribution is -2.51. The van der Waals surface area contributed by atoms with Gasteiger partial charge in [-0.2, -0.15) is 0 Å². The summed E-state index contributed by atoms with van der Waals surface area (Å²) in [6.07, 6.45) is 11.5. The molecule has 2 N–H and O–H groups in total. The highest BCUT2D eigenvalue weighted by molar-refractivity contribution is 5.27. The Kier molecular flexibility index (Phi) is 3.57. The van der Waals surface area contributed by atoms with Gasteiger partial charge in [-0.1, -0.05) is 36.8 Å². The molecule has 1 nitrogen and oxygen atoms in total. The quantitative estimate of drug-likeness (QED) is 0.777. The number of hydrogen-bond donors (Lipinski definition) is 1. The highest BCUT2D eigenvalue weighted by Crippen LogP contribution is 2.67. The van der Waals surface area contributed by atoms with Crippen molar-refractivity contribution in [1.29, 1.82) is 0 Å². The molecule has 1 aromatic rings. The first-order valence-corrected chi connectivity index (χ1v) is 9.06. The van der Waals surface area contributed by atoms with E-state index < -0.39 is 0 Å². The third-order valence-electron chi connectivity index (χ3n) is 6.75. The molecule has 0 heterocycles. The van der Waals surface area contributed by atoms with Gasteiger partial charge in [0.25, 0.3) is 0 Å². The summed E-state index contributed by atoms with van der Waals surface area (Å²) in [4.78, 5) is 0. The first-order chi connectivity index (χ1) is 10.3. The van der Waals surface area contributed by atoms with Crippen LogP contribution in [0.1, 0.15) is 62.8 Å². The van der Waals surface area contributed by atoms with Crippen molar-refractivity contribution < 1.29 is 0 Å². The lowest BCUT2D eigenvalue weighted by atomic mass is 9.43. The normalized spacial score (nSPS) is 40.6. The molecule has 0 aliphatic heterocycles. The fraction of sp³-hybridized carbons (Fsp3) is 0.700. The smallest absolute Gasteiger partial charge is 0.00766 e. The average molecular weight is 283 g/mol. The summed E-state index contributed by atoms with van der Waals surface area (Å²) in [6.45, 7) is 0.863. The Labute approximate surface area is 129 Å². The third-order valence-corrected chi connectivity index (χ3v) is 6.75. The predicted octanol–water partition coefficient (Wildman–Crippen LogP) is 4.73. The molecule has 4 bridgehead atoms. The predicted molar refractivity (Wildman–Crippen MR) is 88.1 cm³/mol. The highest BCUT2D eigenvalue weighted by atomic mass is 14.6. The van der Waals surface area contributed by atoms with Crippen molar-refractivity contribution in [2.24, 2.45) is 28.9 Å². The van der Waals surface area contributed by atoms with E-state index in [2.05, 4.69) is 30.3 Å². The summed E-state index contributed by atoms with van der Waals surface area (Å²) in [5.74, 6) is 3.89. The van der Waals surface area contributed by atoms with E-state index in [1.807, 2.05) is 0 Å². The zero-order chi connectivity index (χ0) is 14.3. The highest BCUT2D eigenvalue weighted by Gasteiger charge is 2.56. The van der Waals surface area contributed by atoms with Crippen LogP contribution in [0.15, 0.2) is 30.3 Å². The van der Waals surface area contributed by atoms with Crippen LogP contribution in [0.5, 0.6) is 0 Å². The number of hydrogen-bond acceptors (Lipinski definition) is 1. The summed E-state index contributed by atoms with van der Waals surface area (Å²) in [5.41, 5.74) is 8.00. The second-order valence-corrected chi connectivity index (χ2v) is 8.10. The maximum Gasteiger partial charge on any atom is -0.00766 e. The van der Waals surface area contributed by atoms with Crippen molar-refractivity contribution in [2.75, 3.05) is 6.54 Å². The fourth-order valence-electron chi connectivity index (χ4n) is 6.48. The van der Waals surface area contributed by atoms with Crippen molar-refractivity contribution in [2.45, 2.75) is 57.3 Å². The minimum absolute atomic E-state index is 0.616. The zero-order valence-corrected chi connectivity index (χ0v) is 13.1. The Bertz CT molecular complexity index is 466. The van der Waals surface area contributed by atoms with Crippen molar-refractivity contribution in [3.05, 3.63) is 35.9 Å². The maximum atomic E-state index is 5.75. The molecule has 0 aromatic heterocycles. The van der Waals surface area contributed by atoms with E-state index in [0.717, 1.165) is 30.2 Å². The van der Waals surface area contributed by atoms with E-state index in [1.54, 1.807) is 5.56 Å². The van der Waals surface area contributed by atoms with Crippen LogP contribution >= 0.6 is 0 Å². The second kappa shape index (κ2) is 5.43. The van der Waals surface area contributed by atoms with Crippen LogP contribution in [-0.4, -0.2) is 6.54 Å². The summed E-state index contributed by atoms with van der Waals surface area (Å²) in [6, 6.07) is 11.5. The van der Waals surface area contributed by atoms with Gasteiger partial charge < -0.3 is 5.73 Å². The van der Waals surface area contributed by atoms with Gasteiger partial charge >= 0.3 is 0 Å². The molecule has 21 heavy (non-hydrogen) atoms. The molecular weight excluding hydrogens is 254 g/mol. The fourth-order valence-corrected chi connectivity index (χ4v) is 6.48. The third kappa shape index (κ3) is 2.34. The molecule has 0 radical (unpaired) electrons. The molecule has 114 valence electrons. The van der Waals surface area contributed by atoms with Crippen molar-refractivity contribution in [3.63, 3.8) is 0 Å². The molecule has 1 aromatic carbocycles. The number of unbranched alkanes of at least 4 members (excludes halogenated alkanes) is 1. The van der Waals surface area contributed by atoms with Crippen LogP contribution in [0, 0.1) is 23.2 Å². The summed E-state index contributed by atoms with van der Waals surface area (Å²) >= 11 is 0. The summed E-state index contributed by atoms with van der Waals surface area (Å²) in [7, 11) is 0. The van der Waals surface area contributed by atoms with Crippen molar-refractivity contribution in [1.82, 2.24) is 0 Å². The average Bonchev–Trinajstić information content (AvgIpc) is 2.47. The Morgan fingerprint density at radius 1 is 0.952 bits per heavy atom. The van der Waals surface area contributed by atoms with Crippen LogP contribution in [-0.2, 0) is 0 Å². The molecule has 1 heteroatoms. The van der Waals surface area contributed by atoms with Gasteiger partial charge in [0.2, 0.25) is 0 Å². The van der Waals surface area contributed by atoms with Gasteiger partial charge in [0.05, 0.1) is 0 Å². The molecular formula is C20H29N. The molecule has 0 amide bonds. The van der Waals surface area contributed by atoms with E-state index >= 15 is 0 Å².